The first-order chi connectivity index (χ1) is 14.5. The molecule has 0 radical (unpaired) electrons. The molecule has 4 rings (SSSR count). The number of anilines is 1. The fraction of sp³-hybridized carbons (Fsp3) is 0.318. The molecule has 0 spiro atoms. The van der Waals surface area contributed by atoms with Crippen molar-refractivity contribution in [2.24, 2.45) is 0 Å². The van der Waals surface area contributed by atoms with Gasteiger partial charge in [-0.15, -0.1) is 0 Å². The van der Waals surface area contributed by atoms with Gasteiger partial charge in [0.2, 0.25) is 11.6 Å². The molecule has 0 amide bonds. The molecule has 2 aliphatic rings. The number of carbonyl (C=O) groups excluding carboxylic acids is 3. The average Bonchev–Trinajstić information content (AvgIpc) is 3.36. The highest BCUT2D eigenvalue weighted by Gasteiger charge is 2.53. The van der Waals surface area contributed by atoms with Gasteiger partial charge in [0.1, 0.15) is 5.69 Å². The molecule has 0 saturated carbocycles. The molecule has 3 atom stereocenters. The second kappa shape index (κ2) is 8.16. The van der Waals surface area contributed by atoms with Gasteiger partial charge in [-0.25, -0.2) is 0 Å². The van der Waals surface area contributed by atoms with Crippen LogP contribution in [-0.2, 0) is 14.3 Å². The van der Waals surface area contributed by atoms with E-state index in [9.17, 15) is 24.5 Å². The van der Waals surface area contributed by atoms with Crippen molar-refractivity contribution >= 4 is 28.7 Å². The summed E-state index contributed by atoms with van der Waals surface area (Å²) in [4.78, 5) is 51.5. The summed E-state index contributed by atoms with van der Waals surface area (Å²) in [5.41, 5.74) is 0.0900. The van der Waals surface area contributed by atoms with Crippen LogP contribution < -0.4 is 4.90 Å². The molecule has 2 heterocycles. The summed E-state index contributed by atoms with van der Waals surface area (Å²) in [5, 5.41) is 11.6. The Hall–Kier alpha value is -3.39. The third-order valence-corrected chi connectivity index (χ3v) is 5.58. The monoisotopic (exact) mass is 408 g/mol. The van der Waals surface area contributed by atoms with Crippen molar-refractivity contribution in [2.45, 2.75) is 37.5 Å². The first-order valence-electron chi connectivity index (χ1n) is 9.79. The number of hydrogen-bond donors (Lipinski definition) is 0. The molecular formula is C22H20N2O6. The predicted molar refractivity (Wildman–Crippen MR) is 108 cm³/mol. The fourth-order valence-corrected chi connectivity index (χ4v) is 4.18. The SMILES string of the molecule is O=C1C(=O)[C@H](C[C@@H]2CCCO2)N(c2ccccc2[N+](=O)[O-])C1C(=O)c1ccccc1. The molecule has 2 aliphatic heterocycles. The van der Waals surface area contributed by atoms with Crippen molar-refractivity contribution in [1.29, 1.82) is 0 Å². The number of carbonyl (C=O) groups is 3. The third-order valence-electron chi connectivity index (χ3n) is 5.58. The number of para-hydroxylation sites is 2. The molecule has 30 heavy (non-hydrogen) atoms. The van der Waals surface area contributed by atoms with E-state index < -0.39 is 34.4 Å². The van der Waals surface area contributed by atoms with Crippen LogP contribution in [0.15, 0.2) is 54.6 Å². The van der Waals surface area contributed by atoms with E-state index in [-0.39, 0.29) is 29.5 Å². The molecule has 2 fully saturated rings. The van der Waals surface area contributed by atoms with Crippen LogP contribution in [0.5, 0.6) is 0 Å². The number of nitro groups is 1. The maximum Gasteiger partial charge on any atom is 0.292 e. The zero-order valence-corrected chi connectivity index (χ0v) is 16.1. The highest BCUT2D eigenvalue weighted by atomic mass is 16.6. The van der Waals surface area contributed by atoms with Gasteiger partial charge >= 0.3 is 0 Å². The summed E-state index contributed by atoms with van der Waals surface area (Å²) in [7, 11) is 0. The van der Waals surface area contributed by atoms with Crippen LogP contribution in [0.1, 0.15) is 29.6 Å². The molecule has 8 nitrogen and oxygen atoms in total. The second-order valence-electron chi connectivity index (χ2n) is 7.40. The molecule has 154 valence electrons. The number of ether oxygens (including phenoxy) is 1. The molecule has 2 saturated heterocycles. The quantitative estimate of drug-likeness (QED) is 0.238. The minimum atomic E-state index is -1.44. The lowest BCUT2D eigenvalue weighted by atomic mass is 10.0. The van der Waals surface area contributed by atoms with Gasteiger partial charge in [0.25, 0.3) is 5.69 Å². The Balaban J connectivity index is 1.81. The Morgan fingerprint density at radius 3 is 2.43 bits per heavy atom. The molecular weight excluding hydrogens is 388 g/mol. The Morgan fingerprint density at radius 2 is 1.77 bits per heavy atom. The molecule has 1 unspecified atom stereocenters. The zero-order valence-electron chi connectivity index (χ0n) is 16.1. The Kier molecular flexibility index (Phi) is 5.41. The van der Waals surface area contributed by atoms with Crippen LogP contribution in [0, 0.1) is 10.1 Å². The van der Waals surface area contributed by atoms with Crippen molar-refractivity contribution in [2.75, 3.05) is 11.5 Å². The van der Waals surface area contributed by atoms with Crippen LogP contribution in [0.2, 0.25) is 0 Å². The number of rotatable bonds is 6. The molecule has 0 aromatic heterocycles. The zero-order chi connectivity index (χ0) is 21.3. The maximum atomic E-state index is 13.2. The van der Waals surface area contributed by atoms with Gasteiger partial charge in [-0.3, -0.25) is 24.5 Å². The van der Waals surface area contributed by atoms with Gasteiger partial charge in [0.15, 0.2) is 11.8 Å². The normalized spacial score (nSPS) is 23.7. The summed E-state index contributed by atoms with van der Waals surface area (Å²) in [6.07, 6.45) is 1.55. The van der Waals surface area contributed by atoms with Crippen LogP contribution in [0.4, 0.5) is 11.4 Å². The fourth-order valence-electron chi connectivity index (χ4n) is 4.18. The number of ketones is 3. The van der Waals surface area contributed by atoms with Crippen LogP contribution in [0.25, 0.3) is 0 Å². The van der Waals surface area contributed by atoms with E-state index in [1.54, 1.807) is 36.4 Å². The number of nitro benzene ring substituents is 1. The van der Waals surface area contributed by atoms with E-state index >= 15 is 0 Å². The number of nitrogens with zero attached hydrogens (tertiary/aromatic N) is 2. The Labute approximate surface area is 172 Å². The maximum absolute atomic E-state index is 13.2. The second-order valence-corrected chi connectivity index (χ2v) is 7.40. The molecule has 0 bridgehead atoms. The highest BCUT2D eigenvalue weighted by Crippen LogP contribution is 2.37. The van der Waals surface area contributed by atoms with E-state index in [1.165, 1.54) is 23.1 Å². The Morgan fingerprint density at radius 1 is 1.07 bits per heavy atom. The van der Waals surface area contributed by atoms with Crippen LogP contribution in [-0.4, -0.2) is 47.1 Å². The lowest BCUT2D eigenvalue weighted by molar-refractivity contribution is -0.384. The third kappa shape index (κ3) is 3.50. The largest absolute Gasteiger partial charge is 0.378 e. The van der Waals surface area contributed by atoms with E-state index in [4.69, 9.17) is 4.74 Å². The summed E-state index contributed by atoms with van der Waals surface area (Å²) >= 11 is 0. The molecule has 2 aromatic carbocycles. The van der Waals surface area contributed by atoms with Gasteiger partial charge in [-0.2, -0.15) is 0 Å². The number of benzene rings is 2. The summed E-state index contributed by atoms with van der Waals surface area (Å²) in [6, 6.07) is 11.6. The van der Waals surface area contributed by atoms with Crippen LogP contribution >= 0.6 is 0 Å². The van der Waals surface area contributed by atoms with E-state index in [0.29, 0.717) is 6.61 Å². The highest BCUT2D eigenvalue weighted by molar-refractivity contribution is 6.50. The van der Waals surface area contributed by atoms with Gasteiger partial charge in [-0.1, -0.05) is 42.5 Å². The van der Waals surface area contributed by atoms with Crippen molar-refractivity contribution in [1.82, 2.24) is 0 Å². The standard InChI is InChI=1S/C22H20N2O6/c25-20(14-7-2-1-3-8-14)19-22(27)21(26)18(13-15-9-6-12-30-15)23(19)16-10-4-5-11-17(16)24(28)29/h1-5,7-8,10-11,15,18-19H,6,9,12-13H2/t15-,18-,19?/m0/s1. The molecule has 2 aromatic rings. The van der Waals surface area contributed by atoms with E-state index in [0.717, 1.165) is 12.8 Å². The molecule has 0 N–H and O–H groups in total. The summed E-state index contributed by atoms with van der Waals surface area (Å²) in [5.74, 6) is -2.11. The summed E-state index contributed by atoms with van der Waals surface area (Å²) < 4.78 is 5.63. The van der Waals surface area contributed by atoms with Crippen molar-refractivity contribution in [3.05, 3.63) is 70.3 Å². The van der Waals surface area contributed by atoms with E-state index in [2.05, 4.69) is 0 Å². The van der Waals surface area contributed by atoms with Crippen LogP contribution in [0.3, 0.4) is 0 Å². The lowest BCUT2D eigenvalue weighted by Crippen LogP contribution is -2.44. The minimum absolute atomic E-state index is 0.0824. The number of hydrogen-bond acceptors (Lipinski definition) is 7. The van der Waals surface area contributed by atoms with Crippen molar-refractivity contribution < 1.29 is 24.0 Å². The van der Waals surface area contributed by atoms with E-state index in [1.807, 2.05) is 0 Å². The molecule has 8 heteroatoms. The van der Waals surface area contributed by atoms with Crippen molar-refractivity contribution in [3.63, 3.8) is 0 Å². The van der Waals surface area contributed by atoms with Gasteiger partial charge in [-0.05, 0) is 18.9 Å². The number of Topliss-reactive ketones (excluding diaryl/α,β-unsaturated/α-hetero) is 3. The van der Waals surface area contributed by atoms with Gasteiger partial charge in [0.05, 0.1) is 17.1 Å². The summed E-state index contributed by atoms with van der Waals surface area (Å²) in [6.45, 7) is 0.567. The molecule has 0 aliphatic carbocycles. The van der Waals surface area contributed by atoms with Crippen molar-refractivity contribution in [3.8, 4) is 0 Å². The first kappa shape index (κ1) is 19.9. The first-order valence-corrected chi connectivity index (χ1v) is 9.79. The van der Waals surface area contributed by atoms with Gasteiger partial charge in [0, 0.05) is 24.7 Å². The van der Waals surface area contributed by atoms with Gasteiger partial charge < -0.3 is 9.64 Å². The lowest BCUT2D eigenvalue weighted by Gasteiger charge is -2.30. The predicted octanol–water partition coefficient (Wildman–Crippen LogP) is 2.74. The Bertz CT molecular complexity index is 1000. The topological polar surface area (TPSA) is 107 Å². The minimum Gasteiger partial charge on any atom is -0.378 e. The average molecular weight is 408 g/mol. The smallest absolute Gasteiger partial charge is 0.292 e.